The summed E-state index contributed by atoms with van der Waals surface area (Å²) in [6.45, 7) is 10.4. The first-order valence-electron chi connectivity index (χ1n) is 7.32. The summed E-state index contributed by atoms with van der Waals surface area (Å²) >= 11 is 6.58. The molecular weight excluding hydrogens is 312 g/mol. The summed E-state index contributed by atoms with van der Waals surface area (Å²) < 4.78 is 0.593. The first kappa shape index (κ1) is 16.8. The van der Waals surface area contributed by atoms with E-state index in [1.807, 2.05) is 18.2 Å². The zero-order chi connectivity index (χ0) is 16.1. The van der Waals surface area contributed by atoms with E-state index < -0.39 is 0 Å². The predicted molar refractivity (Wildman–Crippen MR) is 100 cm³/mol. The van der Waals surface area contributed by atoms with Gasteiger partial charge in [0.1, 0.15) is 4.32 Å². The number of carbonyl (C=O) groups is 1. The Bertz CT molecular complexity index is 604. The molecule has 1 aliphatic rings. The number of nitrogens with zero attached hydrogens (tertiary/aromatic N) is 2. The van der Waals surface area contributed by atoms with Crippen LogP contribution in [0.5, 0.6) is 0 Å². The number of amides is 1. The van der Waals surface area contributed by atoms with Gasteiger partial charge in [-0.1, -0.05) is 42.2 Å². The van der Waals surface area contributed by atoms with Crippen LogP contribution in [0, 0.1) is 0 Å². The fraction of sp³-hybridized carbons (Fsp3) is 0.294. The van der Waals surface area contributed by atoms with Crippen molar-refractivity contribution in [1.29, 1.82) is 0 Å². The Hall–Kier alpha value is -1.59. The number of thiocarbonyl (C=S) groups is 1. The van der Waals surface area contributed by atoms with E-state index in [-0.39, 0.29) is 5.91 Å². The van der Waals surface area contributed by atoms with Crippen molar-refractivity contribution in [2.75, 3.05) is 24.5 Å². The lowest BCUT2D eigenvalue weighted by molar-refractivity contribution is -0.121. The summed E-state index contributed by atoms with van der Waals surface area (Å²) in [4.78, 5) is 16.8. The molecule has 3 nitrogen and oxygen atoms in total. The number of hydrogen-bond acceptors (Lipinski definition) is 4. The molecule has 1 aliphatic heterocycles. The third-order valence-corrected chi connectivity index (χ3v) is 4.88. The zero-order valence-electron chi connectivity index (χ0n) is 12.9. The summed E-state index contributed by atoms with van der Waals surface area (Å²) in [6.07, 6.45) is 3.58. The van der Waals surface area contributed by atoms with Gasteiger partial charge < -0.3 is 4.90 Å². The Morgan fingerprint density at radius 1 is 1.27 bits per heavy atom. The van der Waals surface area contributed by atoms with Gasteiger partial charge in [0.05, 0.1) is 4.91 Å². The van der Waals surface area contributed by atoms with Crippen LogP contribution in [0.1, 0.15) is 19.4 Å². The van der Waals surface area contributed by atoms with Gasteiger partial charge in [-0.3, -0.25) is 9.69 Å². The molecule has 5 heteroatoms. The number of anilines is 1. The van der Waals surface area contributed by atoms with Crippen molar-refractivity contribution in [2.24, 2.45) is 0 Å². The van der Waals surface area contributed by atoms with Crippen LogP contribution in [0.2, 0.25) is 0 Å². The third kappa shape index (κ3) is 3.59. The molecule has 1 saturated heterocycles. The van der Waals surface area contributed by atoms with Crippen LogP contribution >= 0.6 is 24.0 Å². The lowest BCUT2D eigenvalue weighted by atomic mass is 10.1. The second-order valence-electron chi connectivity index (χ2n) is 4.84. The zero-order valence-corrected chi connectivity index (χ0v) is 14.5. The Labute approximate surface area is 141 Å². The second-order valence-corrected chi connectivity index (χ2v) is 6.52. The molecule has 0 radical (unpaired) electrons. The number of thioether (sulfide) groups is 1. The SMILES string of the molecule is C=CCN1C(=O)C(=Cc2ccc(N(CC)CC)cc2)SC1=S. The largest absolute Gasteiger partial charge is 0.372 e. The van der Waals surface area contributed by atoms with Crippen LogP contribution in [-0.4, -0.2) is 34.8 Å². The van der Waals surface area contributed by atoms with Gasteiger partial charge in [0, 0.05) is 25.3 Å². The van der Waals surface area contributed by atoms with Crippen LogP contribution in [0.15, 0.2) is 41.8 Å². The normalized spacial score (nSPS) is 16.5. The molecule has 0 spiro atoms. The molecule has 1 heterocycles. The maximum absolute atomic E-state index is 12.3. The molecule has 2 rings (SSSR count). The van der Waals surface area contributed by atoms with Gasteiger partial charge in [-0.05, 0) is 37.6 Å². The van der Waals surface area contributed by atoms with Crippen molar-refractivity contribution >= 4 is 46.0 Å². The molecule has 0 atom stereocenters. The molecule has 1 aromatic rings. The molecule has 1 aromatic carbocycles. The van der Waals surface area contributed by atoms with Gasteiger partial charge in [-0.15, -0.1) is 6.58 Å². The molecule has 116 valence electrons. The highest BCUT2D eigenvalue weighted by Gasteiger charge is 2.30. The van der Waals surface area contributed by atoms with Crippen molar-refractivity contribution in [2.45, 2.75) is 13.8 Å². The maximum Gasteiger partial charge on any atom is 0.266 e. The van der Waals surface area contributed by atoms with E-state index in [1.54, 1.807) is 11.0 Å². The number of benzene rings is 1. The molecule has 0 bridgehead atoms. The number of hydrogen-bond donors (Lipinski definition) is 0. The Kier molecular flexibility index (Phi) is 5.80. The van der Waals surface area contributed by atoms with E-state index in [9.17, 15) is 4.79 Å². The van der Waals surface area contributed by atoms with Crippen LogP contribution in [0.4, 0.5) is 5.69 Å². The van der Waals surface area contributed by atoms with Gasteiger partial charge in [-0.25, -0.2) is 0 Å². The molecule has 0 unspecified atom stereocenters. The van der Waals surface area contributed by atoms with Crippen LogP contribution < -0.4 is 4.90 Å². The monoisotopic (exact) mass is 332 g/mol. The number of carbonyl (C=O) groups excluding carboxylic acids is 1. The molecule has 22 heavy (non-hydrogen) atoms. The highest BCUT2D eigenvalue weighted by molar-refractivity contribution is 8.26. The van der Waals surface area contributed by atoms with E-state index in [1.165, 1.54) is 17.4 Å². The summed E-state index contributed by atoms with van der Waals surface area (Å²) in [7, 11) is 0. The minimum atomic E-state index is -0.0391. The quantitative estimate of drug-likeness (QED) is 0.447. The van der Waals surface area contributed by atoms with Gasteiger partial charge in [0.2, 0.25) is 0 Å². The summed E-state index contributed by atoms with van der Waals surface area (Å²) in [5, 5.41) is 0. The third-order valence-electron chi connectivity index (χ3n) is 3.50. The second kappa shape index (κ2) is 7.61. The highest BCUT2D eigenvalue weighted by Crippen LogP contribution is 2.32. The lowest BCUT2D eigenvalue weighted by Crippen LogP contribution is -2.27. The van der Waals surface area contributed by atoms with E-state index >= 15 is 0 Å². The van der Waals surface area contributed by atoms with Crippen molar-refractivity contribution in [1.82, 2.24) is 4.90 Å². The van der Waals surface area contributed by atoms with Crippen molar-refractivity contribution in [3.8, 4) is 0 Å². The topological polar surface area (TPSA) is 23.6 Å². The van der Waals surface area contributed by atoms with Crippen LogP contribution in [0.25, 0.3) is 6.08 Å². The average molecular weight is 332 g/mol. The van der Waals surface area contributed by atoms with E-state index in [0.29, 0.717) is 15.8 Å². The van der Waals surface area contributed by atoms with E-state index in [2.05, 4.69) is 37.5 Å². The average Bonchev–Trinajstić information content (AvgIpc) is 2.78. The van der Waals surface area contributed by atoms with Crippen LogP contribution in [-0.2, 0) is 4.79 Å². The van der Waals surface area contributed by atoms with Gasteiger partial charge >= 0.3 is 0 Å². The van der Waals surface area contributed by atoms with Crippen molar-refractivity contribution in [3.63, 3.8) is 0 Å². The summed E-state index contributed by atoms with van der Waals surface area (Å²) in [5.74, 6) is -0.0391. The standard InChI is InChI=1S/C17H20N2OS2/c1-4-11-19-16(20)15(22-17(19)21)12-13-7-9-14(10-8-13)18(5-2)6-3/h4,7-10,12H,1,5-6,11H2,2-3H3. The fourth-order valence-corrected chi connectivity index (χ4v) is 3.58. The summed E-state index contributed by atoms with van der Waals surface area (Å²) in [6, 6.07) is 8.24. The molecular formula is C17H20N2OS2. The minimum absolute atomic E-state index is 0.0391. The highest BCUT2D eigenvalue weighted by atomic mass is 32.2. The Morgan fingerprint density at radius 3 is 2.45 bits per heavy atom. The maximum atomic E-state index is 12.3. The van der Waals surface area contributed by atoms with Crippen molar-refractivity contribution in [3.05, 3.63) is 47.4 Å². The Morgan fingerprint density at radius 2 is 1.91 bits per heavy atom. The van der Waals surface area contributed by atoms with Crippen molar-refractivity contribution < 1.29 is 4.79 Å². The predicted octanol–water partition coefficient (Wildman–Crippen LogP) is 3.92. The number of rotatable bonds is 6. The Balaban J connectivity index is 2.18. The lowest BCUT2D eigenvalue weighted by Gasteiger charge is -2.20. The van der Waals surface area contributed by atoms with E-state index in [4.69, 9.17) is 12.2 Å². The molecule has 1 fully saturated rings. The minimum Gasteiger partial charge on any atom is -0.372 e. The first-order chi connectivity index (χ1) is 10.6. The fourth-order valence-electron chi connectivity index (χ4n) is 2.31. The van der Waals surface area contributed by atoms with Gasteiger partial charge in [-0.2, -0.15) is 0 Å². The van der Waals surface area contributed by atoms with Gasteiger partial charge in [0.15, 0.2) is 0 Å². The first-order valence-corrected chi connectivity index (χ1v) is 8.54. The molecule has 0 aliphatic carbocycles. The van der Waals surface area contributed by atoms with Crippen LogP contribution in [0.3, 0.4) is 0 Å². The van der Waals surface area contributed by atoms with Gasteiger partial charge in [0.25, 0.3) is 5.91 Å². The smallest absolute Gasteiger partial charge is 0.266 e. The molecule has 1 amide bonds. The molecule has 0 saturated carbocycles. The molecule has 0 aromatic heterocycles. The molecule has 0 N–H and O–H groups in total. The summed E-state index contributed by atoms with van der Waals surface area (Å²) in [5.41, 5.74) is 2.20. The van der Waals surface area contributed by atoms with E-state index in [0.717, 1.165) is 18.7 Å².